The van der Waals surface area contributed by atoms with Crippen LogP contribution in [-0.4, -0.2) is 36.7 Å². The fourth-order valence-corrected chi connectivity index (χ4v) is 2.99. The molecule has 0 saturated carbocycles. The molecule has 5 heteroatoms. The van der Waals surface area contributed by atoms with E-state index in [4.69, 9.17) is 9.84 Å². The Kier molecular flexibility index (Phi) is 5.18. The number of carbonyl (C=O) groups is 1. The van der Waals surface area contributed by atoms with Crippen LogP contribution < -0.4 is 15.4 Å². The Morgan fingerprint density at radius 3 is 2.62 bits per heavy atom. The summed E-state index contributed by atoms with van der Waals surface area (Å²) in [5.41, 5.74) is 2.71. The van der Waals surface area contributed by atoms with Gasteiger partial charge in [-0.3, -0.25) is 4.79 Å². The van der Waals surface area contributed by atoms with E-state index in [2.05, 4.69) is 31.4 Å². The fourth-order valence-electron chi connectivity index (χ4n) is 2.99. The van der Waals surface area contributed by atoms with Crippen LogP contribution in [0.1, 0.15) is 36.7 Å². The second kappa shape index (κ2) is 7.38. The van der Waals surface area contributed by atoms with Crippen molar-refractivity contribution in [3.8, 4) is 5.75 Å². The van der Waals surface area contributed by atoms with Gasteiger partial charge in [0.25, 0.3) is 0 Å². The van der Waals surface area contributed by atoms with Crippen molar-refractivity contribution in [3.05, 3.63) is 53.6 Å². The Balaban J connectivity index is 2.04. The van der Waals surface area contributed by atoms with Crippen LogP contribution in [0.4, 0.5) is 11.4 Å². The van der Waals surface area contributed by atoms with Crippen molar-refractivity contribution in [3.63, 3.8) is 0 Å². The number of nitrogens with one attached hydrogen (secondary N) is 2. The molecule has 0 saturated heterocycles. The maximum Gasteiger partial charge on any atom is 0.195 e. The van der Waals surface area contributed by atoms with Crippen LogP contribution in [0.25, 0.3) is 0 Å². The van der Waals surface area contributed by atoms with E-state index in [-0.39, 0.29) is 23.8 Å². The predicted octanol–water partition coefficient (Wildman–Crippen LogP) is 3.54. The third-order valence-electron chi connectivity index (χ3n) is 4.62. The number of ether oxygens (including phenoxy) is 1. The number of fused-ring (bicyclic) bond motifs is 1. The van der Waals surface area contributed by atoms with Crippen LogP contribution in [0.2, 0.25) is 0 Å². The van der Waals surface area contributed by atoms with E-state index < -0.39 is 0 Å². The summed E-state index contributed by atoms with van der Waals surface area (Å²) in [6.45, 7) is 7.40. The van der Waals surface area contributed by atoms with Crippen molar-refractivity contribution in [2.24, 2.45) is 5.41 Å². The van der Waals surface area contributed by atoms with Crippen molar-refractivity contribution >= 4 is 17.2 Å². The van der Waals surface area contributed by atoms with Crippen LogP contribution in [-0.2, 0) is 0 Å². The molecule has 3 rings (SSSR count). The van der Waals surface area contributed by atoms with Crippen LogP contribution in [0.3, 0.4) is 0 Å². The second-order valence-corrected chi connectivity index (χ2v) is 7.58. The zero-order chi connectivity index (χ0) is 18.7. The quantitative estimate of drug-likeness (QED) is 0.717. The van der Waals surface area contributed by atoms with Gasteiger partial charge in [-0.05, 0) is 17.5 Å². The summed E-state index contributed by atoms with van der Waals surface area (Å²) in [5.74, 6) is 0.599. The highest BCUT2D eigenvalue weighted by atomic mass is 16.5. The molecule has 0 spiro atoms. The molecule has 1 unspecified atom stereocenters. The summed E-state index contributed by atoms with van der Waals surface area (Å²) in [4.78, 5) is 13.0. The van der Waals surface area contributed by atoms with Gasteiger partial charge >= 0.3 is 0 Å². The van der Waals surface area contributed by atoms with Gasteiger partial charge in [0.1, 0.15) is 6.61 Å². The molecule has 0 amide bonds. The lowest BCUT2D eigenvalue weighted by Gasteiger charge is -2.37. The number of aliphatic hydroxyl groups excluding tert-OH is 1. The van der Waals surface area contributed by atoms with Gasteiger partial charge in [0.15, 0.2) is 11.5 Å². The molecular formula is C21H26N2O3. The molecule has 1 aliphatic rings. The van der Waals surface area contributed by atoms with Gasteiger partial charge in [-0.1, -0.05) is 51.1 Å². The maximum absolute atomic E-state index is 13.0. The first-order chi connectivity index (χ1) is 12.4. The standard InChI is InChI=1S/C21H26N2O3/c1-21(2,3)17-13-26-20-16(22-11-12-24)10-9-15(18(20)23-17)19(25)14-7-5-4-6-8-14/h4-10,17,22-24H,11-13H2,1-3H3. The average Bonchev–Trinajstić information content (AvgIpc) is 2.65. The first-order valence-corrected chi connectivity index (χ1v) is 8.92. The number of anilines is 2. The first-order valence-electron chi connectivity index (χ1n) is 8.92. The minimum absolute atomic E-state index is 0.0146. The molecule has 138 valence electrons. The summed E-state index contributed by atoms with van der Waals surface area (Å²) < 4.78 is 6.06. The van der Waals surface area contributed by atoms with E-state index in [0.29, 0.717) is 35.7 Å². The Bertz CT molecular complexity index is 782. The molecule has 0 bridgehead atoms. The predicted molar refractivity (Wildman–Crippen MR) is 104 cm³/mol. The van der Waals surface area contributed by atoms with Gasteiger partial charge in [0.05, 0.1) is 24.0 Å². The van der Waals surface area contributed by atoms with E-state index in [0.717, 1.165) is 5.69 Å². The largest absolute Gasteiger partial charge is 0.487 e. The minimum atomic E-state index is -0.0405. The lowest BCUT2D eigenvalue weighted by molar-refractivity contribution is 0.103. The first kappa shape index (κ1) is 18.3. The molecule has 1 aliphatic heterocycles. The van der Waals surface area contributed by atoms with E-state index in [1.54, 1.807) is 0 Å². The normalized spacial score (nSPS) is 16.2. The zero-order valence-corrected chi connectivity index (χ0v) is 15.5. The lowest BCUT2D eigenvalue weighted by Crippen LogP contribution is -2.42. The Morgan fingerprint density at radius 1 is 1.23 bits per heavy atom. The Hall–Kier alpha value is -2.53. The lowest BCUT2D eigenvalue weighted by atomic mass is 9.86. The van der Waals surface area contributed by atoms with Crippen molar-refractivity contribution in [1.82, 2.24) is 0 Å². The van der Waals surface area contributed by atoms with Gasteiger partial charge in [-0.25, -0.2) is 0 Å². The Labute approximate surface area is 154 Å². The molecule has 2 aromatic rings. The smallest absolute Gasteiger partial charge is 0.195 e. The molecule has 3 N–H and O–H groups in total. The number of benzene rings is 2. The van der Waals surface area contributed by atoms with Gasteiger partial charge in [0, 0.05) is 17.7 Å². The third-order valence-corrected chi connectivity index (χ3v) is 4.62. The van der Waals surface area contributed by atoms with Gasteiger partial charge < -0.3 is 20.5 Å². The number of hydrogen-bond donors (Lipinski definition) is 3. The van der Waals surface area contributed by atoms with Crippen molar-refractivity contribution in [1.29, 1.82) is 0 Å². The summed E-state index contributed by atoms with van der Waals surface area (Å²) in [6.07, 6.45) is 0. The molecule has 1 atom stereocenters. The summed E-state index contributed by atoms with van der Waals surface area (Å²) in [6, 6.07) is 13.0. The highest BCUT2D eigenvalue weighted by molar-refractivity contribution is 6.13. The SMILES string of the molecule is CC(C)(C)C1COc2c(NCCO)ccc(C(=O)c3ccccc3)c2N1. The number of ketones is 1. The third kappa shape index (κ3) is 3.68. The van der Waals surface area contributed by atoms with Crippen molar-refractivity contribution in [2.45, 2.75) is 26.8 Å². The van der Waals surface area contributed by atoms with E-state index in [9.17, 15) is 4.79 Å². The zero-order valence-electron chi connectivity index (χ0n) is 15.5. The molecule has 0 fully saturated rings. The van der Waals surface area contributed by atoms with E-state index in [1.165, 1.54) is 0 Å². The Morgan fingerprint density at radius 2 is 1.96 bits per heavy atom. The minimum Gasteiger partial charge on any atom is -0.487 e. The molecule has 1 heterocycles. The number of hydrogen-bond acceptors (Lipinski definition) is 5. The van der Waals surface area contributed by atoms with Crippen molar-refractivity contribution in [2.75, 3.05) is 30.4 Å². The van der Waals surface area contributed by atoms with Gasteiger partial charge in [0.2, 0.25) is 0 Å². The summed E-state index contributed by atoms with van der Waals surface area (Å²) in [5, 5.41) is 15.8. The fraction of sp³-hybridized carbons (Fsp3) is 0.381. The highest BCUT2D eigenvalue weighted by Gasteiger charge is 2.33. The topological polar surface area (TPSA) is 70.6 Å². The highest BCUT2D eigenvalue weighted by Crippen LogP contribution is 2.42. The van der Waals surface area contributed by atoms with Gasteiger partial charge in [-0.2, -0.15) is 0 Å². The average molecular weight is 354 g/mol. The molecular weight excluding hydrogens is 328 g/mol. The number of carbonyl (C=O) groups excluding carboxylic acids is 1. The molecule has 2 aromatic carbocycles. The molecule has 26 heavy (non-hydrogen) atoms. The molecule has 0 aliphatic carbocycles. The maximum atomic E-state index is 13.0. The van der Waals surface area contributed by atoms with E-state index >= 15 is 0 Å². The number of rotatable bonds is 5. The van der Waals surface area contributed by atoms with E-state index in [1.807, 2.05) is 42.5 Å². The molecule has 0 aromatic heterocycles. The van der Waals surface area contributed by atoms with Crippen molar-refractivity contribution < 1.29 is 14.6 Å². The van der Waals surface area contributed by atoms with Crippen LogP contribution in [0.5, 0.6) is 5.75 Å². The summed E-state index contributed by atoms with van der Waals surface area (Å²) >= 11 is 0. The second-order valence-electron chi connectivity index (χ2n) is 7.58. The summed E-state index contributed by atoms with van der Waals surface area (Å²) in [7, 11) is 0. The van der Waals surface area contributed by atoms with Crippen LogP contribution in [0.15, 0.2) is 42.5 Å². The number of aliphatic hydroxyl groups is 1. The molecule has 0 radical (unpaired) electrons. The molecule has 5 nitrogen and oxygen atoms in total. The van der Waals surface area contributed by atoms with Crippen LogP contribution in [0, 0.1) is 5.41 Å². The van der Waals surface area contributed by atoms with Crippen LogP contribution >= 0.6 is 0 Å². The van der Waals surface area contributed by atoms with Gasteiger partial charge in [-0.15, -0.1) is 0 Å². The monoisotopic (exact) mass is 354 g/mol.